The molecule has 1 heterocycles. The lowest BCUT2D eigenvalue weighted by Gasteiger charge is -1.98. The number of benzene rings is 1. The molecule has 0 aliphatic heterocycles. The highest BCUT2D eigenvalue weighted by atomic mass is 35.5. The highest BCUT2D eigenvalue weighted by molar-refractivity contribution is 6.35. The van der Waals surface area contributed by atoms with Crippen molar-refractivity contribution in [3.63, 3.8) is 0 Å². The van der Waals surface area contributed by atoms with Crippen LogP contribution in [0.4, 0.5) is 5.69 Å². The van der Waals surface area contributed by atoms with Crippen LogP contribution in [0.5, 0.6) is 0 Å². The summed E-state index contributed by atoms with van der Waals surface area (Å²) in [5, 5.41) is 10.7. The van der Waals surface area contributed by atoms with Crippen LogP contribution in [0.25, 0.3) is 10.9 Å². The largest absolute Gasteiger partial charge is 0.313 e. The number of H-pyrrole nitrogens is 1. The van der Waals surface area contributed by atoms with E-state index in [1.54, 1.807) is 0 Å². The topological polar surface area (TPSA) is 88.9 Å². The van der Waals surface area contributed by atoms with E-state index in [-0.39, 0.29) is 21.6 Å². The molecule has 0 atom stereocenters. The number of nitro benzene ring substituents is 1. The molecule has 0 radical (unpaired) electrons. The van der Waals surface area contributed by atoms with Crippen molar-refractivity contribution in [3.05, 3.63) is 44.0 Å². The summed E-state index contributed by atoms with van der Waals surface area (Å²) in [4.78, 5) is 27.4. The summed E-state index contributed by atoms with van der Waals surface area (Å²) in [5.41, 5.74) is -0.428. The third kappa shape index (κ3) is 1.55. The van der Waals surface area contributed by atoms with E-state index in [1.165, 1.54) is 6.33 Å². The number of nitrogens with one attached hydrogen (secondary N) is 1. The van der Waals surface area contributed by atoms with Crippen molar-refractivity contribution >= 4 is 28.2 Å². The van der Waals surface area contributed by atoms with Crippen molar-refractivity contribution in [2.75, 3.05) is 0 Å². The van der Waals surface area contributed by atoms with E-state index in [2.05, 4.69) is 9.97 Å². The highest BCUT2D eigenvalue weighted by Gasteiger charge is 2.12. The van der Waals surface area contributed by atoms with E-state index in [0.717, 1.165) is 12.1 Å². The first-order valence-electron chi connectivity index (χ1n) is 3.91. The van der Waals surface area contributed by atoms with E-state index >= 15 is 0 Å². The number of nitrogens with zero attached hydrogens (tertiary/aromatic N) is 2. The number of halogens is 1. The fraction of sp³-hybridized carbons (Fsp3) is 0. The molecular formula is C8H4ClN3O3. The van der Waals surface area contributed by atoms with Gasteiger partial charge in [0.25, 0.3) is 11.2 Å². The third-order valence-electron chi connectivity index (χ3n) is 1.89. The average Bonchev–Trinajstić information content (AvgIpc) is 2.19. The predicted octanol–water partition coefficient (Wildman–Crippen LogP) is 1.48. The lowest BCUT2D eigenvalue weighted by Crippen LogP contribution is -2.06. The zero-order valence-corrected chi connectivity index (χ0v) is 7.99. The zero-order chi connectivity index (χ0) is 11.0. The van der Waals surface area contributed by atoms with Gasteiger partial charge in [0.2, 0.25) is 0 Å². The fourth-order valence-corrected chi connectivity index (χ4v) is 1.49. The van der Waals surface area contributed by atoms with Crippen molar-refractivity contribution in [2.45, 2.75) is 0 Å². The molecule has 1 aromatic carbocycles. The van der Waals surface area contributed by atoms with Crippen LogP contribution < -0.4 is 5.56 Å². The Kier molecular flexibility index (Phi) is 2.12. The molecule has 0 saturated carbocycles. The molecule has 0 unspecified atom stereocenters. The van der Waals surface area contributed by atoms with Gasteiger partial charge in [0.05, 0.1) is 27.2 Å². The maximum absolute atomic E-state index is 11.3. The second kappa shape index (κ2) is 3.32. The molecule has 1 aromatic heterocycles. The van der Waals surface area contributed by atoms with Crippen LogP contribution >= 0.6 is 11.6 Å². The summed E-state index contributed by atoms with van der Waals surface area (Å²) in [6.07, 6.45) is 1.20. The van der Waals surface area contributed by atoms with Crippen LogP contribution in [-0.2, 0) is 0 Å². The first-order valence-corrected chi connectivity index (χ1v) is 4.29. The fourth-order valence-electron chi connectivity index (χ4n) is 1.23. The van der Waals surface area contributed by atoms with Crippen molar-refractivity contribution in [3.8, 4) is 0 Å². The molecule has 0 aliphatic rings. The summed E-state index contributed by atoms with van der Waals surface area (Å²) < 4.78 is 0. The number of aromatic nitrogens is 2. The third-order valence-corrected chi connectivity index (χ3v) is 2.18. The molecule has 2 aromatic rings. The second-order valence-corrected chi connectivity index (χ2v) is 3.22. The van der Waals surface area contributed by atoms with Gasteiger partial charge in [-0.05, 0) is 0 Å². The molecule has 2 rings (SSSR count). The maximum atomic E-state index is 11.3. The van der Waals surface area contributed by atoms with Gasteiger partial charge in [0.1, 0.15) is 0 Å². The number of rotatable bonds is 1. The quantitative estimate of drug-likeness (QED) is 0.588. The lowest BCUT2D eigenvalue weighted by atomic mass is 10.2. The lowest BCUT2D eigenvalue weighted by molar-refractivity contribution is -0.384. The molecule has 0 aliphatic carbocycles. The van der Waals surface area contributed by atoms with Crippen LogP contribution in [0.1, 0.15) is 0 Å². The molecule has 0 saturated heterocycles. The Morgan fingerprint density at radius 3 is 2.87 bits per heavy atom. The standard InChI is InChI=1S/C8H4ClN3O3/c9-6-2-4(12(14)15)1-5-7(6)10-3-11-8(5)13/h1-3H,(H,10,11,13). The van der Waals surface area contributed by atoms with E-state index in [9.17, 15) is 14.9 Å². The van der Waals surface area contributed by atoms with Gasteiger partial charge >= 0.3 is 0 Å². The average molecular weight is 226 g/mol. The number of nitro groups is 1. The zero-order valence-electron chi connectivity index (χ0n) is 7.23. The highest BCUT2D eigenvalue weighted by Crippen LogP contribution is 2.24. The van der Waals surface area contributed by atoms with Gasteiger partial charge in [-0.15, -0.1) is 0 Å². The van der Waals surface area contributed by atoms with Crippen molar-refractivity contribution in [2.24, 2.45) is 0 Å². The summed E-state index contributed by atoms with van der Waals surface area (Å²) >= 11 is 5.76. The first-order chi connectivity index (χ1) is 7.09. The summed E-state index contributed by atoms with van der Waals surface area (Å²) in [6, 6.07) is 2.31. The van der Waals surface area contributed by atoms with Crippen LogP contribution in [0.3, 0.4) is 0 Å². The van der Waals surface area contributed by atoms with Crippen LogP contribution in [0, 0.1) is 10.1 Å². The van der Waals surface area contributed by atoms with E-state index in [4.69, 9.17) is 11.6 Å². The minimum Gasteiger partial charge on any atom is -0.313 e. The van der Waals surface area contributed by atoms with E-state index < -0.39 is 10.5 Å². The van der Waals surface area contributed by atoms with Crippen molar-refractivity contribution in [1.82, 2.24) is 9.97 Å². The van der Waals surface area contributed by atoms with Crippen LogP contribution in [0.15, 0.2) is 23.3 Å². The molecule has 0 amide bonds. The Hall–Kier alpha value is -1.95. The smallest absolute Gasteiger partial charge is 0.271 e. The van der Waals surface area contributed by atoms with Gasteiger partial charge in [-0.2, -0.15) is 0 Å². The molecule has 0 fully saturated rings. The Labute approximate surface area is 87.7 Å². The van der Waals surface area contributed by atoms with Gasteiger partial charge < -0.3 is 4.98 Å². The molecule has 0 bridgehead atoms. The van der Waals surface area contributed by atoms with Crippen LogP contribution in [0.2, 0.25) is 5.02 Å². The maximum Gasteiger partial charge on any atom is 0.271 e. The SMILES string of the molecule is O=c1[nH]cnc2c(Cl)cc([N+](=O)[O-])cc12. The first kappa shape index (κ1) is 9.60. The summed E-state index contributed by atoms with van der Waals surface area (Å²) in [5.74, 6) is 0. The minimum atomic E-state index is -0.613. The van der Waals surface area contributed by atoms with E-state index in [1.807, 2.05) is 0 Å². The van der Waals surface area contributed by atoms with Gasteiger partial charge in [-0.1, -0.05) is 11.6 Å². The van der Waals surface area contributed by atoms with Crippen LogP contribution in [-0.4, -0.2) is 14.9 Å². The molecule has 1 N–H and O–H groups in total. The van der Waals surface area contributed by atoms with Gasteiger partial charge in [-0.3, -0.25) is 14.9 Å². The monoisotopic (exact) mass is 225 g/mol. The Bertz CT molecular complexity index is 608. The molecule has 6 nitrogen and oxygen atoms in total. The van der Waals surface area contributed by atoms with Crippen molar-refractivity contribution < 1.29 is 4.92 Å². The Morgan fingerprint density at radius 1 is 1.47 bits per heavy atom. The minimum absolute atomic E-state index is 0.0882. The van der Waals surface area contributed by atoms with Gasteiger partial charge in [0, 0.05) is 12.1 Å². The number of non-ortho nitro benzene ring substituents is 1. The second-order valence-electron chi connectivity index (χ2n) is 2.81. The molecule has 0 spiro atoms. The van der Waals surface area contributed by atoms with Gasteiger partial charge in [0.15, 0.2) is 0 Å². The molecular weight excluding hydrogens is 222 g/mol. The Morgan fingerprint density at radius 2 is 2.20 bits per heavy atom. The number of aromatic amines is 1. The summed E-state index contributed by atoms with van der Waals surface area (Å²) in [7, 11) is 0. The Balaban J connectivity index is 2.92. The predicted molar refractivity (Wildman–Crippen MR) is 54.0 cm³/mol. The van der Waals surface area contributed by atoms with E-state index in [0.29, 0.717) is 0 Å². The molecule has 15 heavy (non-hydrogen) atoms. The van der Waals surface area contributed by atoms with Gasteiger partial charge in [-0.25, -0.2) is 4.98 Å². The summed E-state index contributed by atoms with van der Waals surface area (Å²) in [6.45, 7) is 0. The number of fused-ring (bicyclic) bond motifs is 1. The number of hydrogen-bond donors (Lipinski definition) is 1. The molecule has 76 valence electrons. The normalized spacial score (nSPS) is 10.5. The number of hydrogen-bond acceptors (Lipinski definition) is 4. The van der Waals surface area contributed by atoms with Crippen molar-refractivity contribution in [1.29, 1.82) is 0 Å². The molecule has 7 heteroatoms.